The van der Waals surface area contributed by atoms with Crippen molar-refractivity contribution in [1.82, 2.24) is 0 Å². The fourth-order valence-corrected chi connectivity index (χ4v) is 1.86. The van der Waals surface area contributed by atoms with E-state index in [-0.39, 0.29) is 0 Å². The molecule has 0 saturated carbocycles. The van der Waals surface area contributed by atoms with Gasteiger partial charge in [0, 0.05) is 10.6 Å². The van der Waals surface area contributed by atoms with Gasteiger partial charge in [-0.15, -0.1) is 11.8 Å². The maximum atomic E-state index is 5.68. The second kappa shape index (κ2) is 5.64. The molecule has 0 radical (unpaired) electrons. The van der Waals surface area contributed by atoms with Crippen LogP contribution in [-0.2, 0) is 6.61 Å². The maximum Gasteiger partial charge on any atom is 0.119 e. The fraction of sp³-hybridized carbons (Fsp3) is 0.143. The summed E-state index contributed by atoms with van der Waals surface area (Å²) >= 11 is 1.72. The van der Waals surface area contributed by atoms with Crippen molar-refractivity contribution in [2.45, 2.75) is 11.5 Å². The summed E-state index contributed by atoms with van der Waals surface area (Å²) in [5.74, 6) is 0.889. The Morgan fingerprint density at radius 2 is 1.65 bits per heavy atom. The summed E-state index contributed by atoms with van der Waals surface area (Å²) in [4.78, 5) is 1.24. The van der Waals surface area contributed by atoms with E-state index in [0.717, 1.165) is 17.0 Å². The van der Waals surface area contributed by atoms with Crippen LogP contribution in [0.1, 0.15) is 5.56 Å². The Morgan fingerprint density at radius 1 is 1.00 bits per heavy atom. The van der Waals surface area contributed by atoms with E-state index in [1.807, 2.05) is 36.4 Å². The molecular weight excluding hydrogens is 230 g/mol. The Kier molecular flexibility index (Phi) is 3.94. The average Bonchev–Trinajstić information content (AvgIpc) is 2.39. The van der Waals surface area contributed by atoms with Crippen LogP contribution < -0.4 is 10.5 Å². The van der Waals surface area contributed by atoms with Gasteiger partial charge < -0.3 is 10.5 Å². The Morgan fingerprint density at radius 3 is 2.24 bits per heavy atom. The van der Waals surface area contributed by atoms with Crippen LogP contribution in [-0.4, -0.2) is 6.26 Å². The zero-order chi connectivity index (χ0) is 12.1. The van der Waals surface area contributed by atoms with Gasteiger partial charge in [-0.1, -0.05) is 12.1 Å². The lowest BCUT2D eigenvalue weighted by molar-refractivity contribution is 0.306. The molecule has 0 unspecified atom stereocenters. The van der Waals surface area contributed by atoms with Crippen molar-refractivity contribution in [3.8, 4) is 5.75 Å². The summed E-state index contributed by atoms with van der Waals surface area (Å²) < 4.78 is 5.68. The summed E-state index contributed by atoms with van der Waals surface area (Å²) in [6.45, 7) is 0.568. The van der Waals surface area contributed by atoms with E-state index in [9.17, 15) is 0 Å². The highest BCUT2D eigenvalue weighted by Crippen LogP contribution is 2.19. The summed E-state index contributed by atoms with van der Waals surface area (Å²) in [5, 5.41) is 0. The molecule has 2 aromatic rings. The molecule has 0 saturated heterocycles. The molecule has 2 aromatic carbocycles. The van der Waals surface area contributed by atoms with Gasteiger partial charge >= 0.3 is 0 Å². The van der Waals surface area contributed by atoms with Gasteiger partial charge in [-0.25, -0.2) is 0 Å². The first-order valence-corrected chi connectivity index (χ1v) is 6.61. The van der Waals surface area contributed by atoms with Gasteiger partial charge in [-0.3, -0.25) is 0 Å². The molecule has 2 nitrogen and oxygen atoms in total. The summed E-state index contributed by atoms with van der Waals surface area (Å²) in [5.41, 5.74) is 7.52. The van der Waals surface area contributed by atoms with E-state index in [2.05, 4.69) is 18.4 Å². The second-order valence-corrected chi connectivity index (χ2v) is 4.59. The van der Waals surface area contributed by atoms with Crippen molar-refractivity contribution in [2.24, 2.45) is 0 Å². The van der Waals surface area contributed by atoms with Gasteiger partial charge in [-0.2, -0.15) is 0 Å². The first-order chi connectivity index (χ1) is 8.28. The highest BCUT2D eigenvalue weighted by atomic mass is 32.2. The van der Waals surface area contributed by atoms with Gasteiger partial charge in [0.15, 0.2) is 0 Å². The quantitative estimate of drug-likeness (QED) is 0.660. The van der Waals surface area contributed by atoms with Crippen LogP contribution >= 0.6 is 11.8 Å². The van der Waals surface area contributed by atoms with Crippen molar-refractivity contribution in [3.63, 3.8) is 0 Å². The molecule has 0 amide bonds. The van der Waals surface area contributed by atoms with Crippen molar-refractivity contribution < 1.29 is 4.74 Å². The molecule has 88 valence electrons. The summed E-state index contributed by atoms with van der Waals surface area (Å²) in [7, 11) is 0. The van der Waals surface area contributed by atoms with Gasteiger partial charge in [0.25, 0.3) is 0 Å². The van der Waals surface area contributed by atoms with E-state index >= 15 is 0 Å². The molecule has 3 heteroatoms. The van der Waals surface area contributed by atoms with E-state index in [1.54, 1.807) is 11.8 Å². The van der Waals surface area contributed by atoms with Crippen LogP contribution in [0.25, 0.3) is 0 Å². The molecule has 0 heterocycles. The predicted octanol–water partition coefficient (Wildman–Crippen LogP) is 3.57. The Labute approximate surface area is 106 Å². The number of benzene rings is 2. The zero-order valence-corrected chi connectivity index (χ0v) is 10.5. The first-order valence-electron chi connectivity index (χ1n) is 5.39. The maximum absolute atomic E-state index is 5.68. The molecule has 0 bridgehead atoms. The lowest BCUT2D eigenvalue weighted by Crippen LogP contribution is -1.95. The number of rotatable bonds is 4. The number of hydrogen-bond acceptors (Lipinski definition) is 3. The number of thioether (sulfide) groups is 1. The zero-order valence-electron chi connectivity index (χ0n) is 9.72. The number of hydrogen-bond donors (Lipinski definition) is 1. The van der Waals surface area contributed by atoms with Crippen molar-refractivity contribution >= 4 is 17.4 Å². The lowest BCUT2D eigenvalue weighted by Gasteiger charge is -2.07. The molecule has 0 aliphatic heterocycles. The third kappa shape index (κ3) is 3.43. The molecular formula is C14H15NOS. The van der Waals surface area contributed by atoms with Crippen molar-refractivity contribution in [1.29, 1.82) is 0 Å². The first kappa shape index (κ1) is 11.9. The van der Waals surface area contributed by atoms with E-state index < -0.39 is 0 Å². The number of nitrogens with two attached hydrogens (primary N) is 1. The van der Waals surface area contributed by atoms with Crippen LogP contribution in [0.3, 0.4) is 0 Å². The number of nitrogen functional groups attached to an aromatic ring is 1. The minimum atomic E-state index is 0.568. The summed E-state index contributed by atoms with van der Waals surface area (Å²) in [6, 6.07) is 15.8. The van der Waals surface area contributed by atoms with Gasteiger partial charge in [0.2, 0.25) is 0 Å². The van der Waals surface area contributed by atoms with Crippen molar-refractivity contribution in [2.75, 3.05) is 12.0 Å². The standard InChI is InChI=1S/C14H15NOS/c1-17-14-8-6-13(7-9-14)16-10-11-2-4-12(15)5-3-11/h2-9H,10,15H2,1H3. The molecule has 2 N–H and O–H groups in total. The highest BCUT2D eigenvalue weighted by Gasteiger charge is 1.96. The molecule has 17 heavy (non-hydrogen) atoms. The van der Waals surface area contributed by atoms with Gasteiger partial charge in [0.1, 0.15) is 12.4 Å². The van der Waals surface area contributed by atoms with Crippen LogP contribution in [0.15, 0.2) is 53.4 Å². The normalized spacial score (nSPS) is 10.2. The molecule has 0 aromatic heterocycles. The lowest BCUT2D eigenvalue weighted by atomic mass is 10.2. The Hall–Kier alpha value is -1.61. The van der Waals surface area contributed by atoms with E-state index in [4.69, 9.17) is 10.5 Å². The Balaban J connectivity index is 1.95. The molecule has 0 fully saturated rings. The van der Waals surface area contributed by atoms with E-state index in [0.29, 0.717) is 6.61 Å². The van der Waals surface area contributed by atoms with Crippen molar-refractivity contribution in [3.05, 3.63) is 54.1 Å². The smallest absolute Gasteiger partial charge is 0.119 e. The molecule has 0 atom stereocenters. The van der Waals surface area contributed by atoms with Crippen LogP contribution in [0.2, 0.25) is 0 Å². The van der Waals surface area contributed by atoms with Gasteiger partial charge in [0.05, 0.1) is 0 Å². The average molecular weight is 245 g/mol. The molecule has 0 spiro atoms. The van der Waals surface area contributed by atoms with Crippen LogP contribution in [0.4, 0.5) is 5.69 Å². The van der Waals surface area contributed by atoms with Gasteiger partial charge in [-0.05, 0) is 48.2 Å². The number of anilines is 1. The minimum absolute atomic E-state index is 0.568. The van der Waals surface area contributed by atoms with Crippen LogP contribution in [0, 0.1) is 0 Å². The topological polar surface area (TPSA) is 35.2 Å². The largest absolute Gasteiger partial charge is 0.489 e. The third-order valence-electron chi connectivity index (χ3n) is 2.44. The summed E-state index contributed by atoms with van der Waals surface area (Å²) in [6.07, 6.45) is 2.06. The third-order valence-corrected chi connectivity index (χ3v) is 3.19. The SMILES string of the molecule is CSc1ccc(OCc2ccc(N)cc2)cc1. The molecule has 2 rings (SSSR count). The second-order valence-electron chi connectivity index (χ2n) is 3.71. The number of ether oxygens (including phenoxy) is 1. The monoisotopic (exact) mass is 245 g/mol. The predicted molar refractivity (Wildman–Crippen MR) is 73.4 cm³/mol. The molecule has 0 aliphatic rings. The Bertz CT molecular complexity index is 465. The van der Waals surface area contributed by atoms with Crippen LogP contribution in [0.5, 0.6) is 5.75 Å². The minimum Gasteiger partial charge on any atom is -0.489 e. The molecule has 0 aliphatic carbocycles. The van der Waals surface area contributed by atoms with E-state index in [1.165, 1.54) is 4.90 Å². The highest BCUT2D eigenvalue weighted by molar-refractivity contribution is 7.98. The fourth-order valence-electron chi connectivity index (χ4n) is 1.45.